The van der Waals surface area contributed by atoms with Crippen LogP contribution in [0.1, 0.15) is 17.5 Å². The molecule has 0 spiro atoms. The molecule has 1 aliphatic heterocycles. The second kappa shape index (κ2) is 5.92. The fraction of sp³-hybridized carbons (Fsp3) is 0.118. The molecule has 1 N–H and O–H groups in total. The van der Waals surface area contributed by atoms with Gasteiger partial charge in [-0.05, 0) is 42.7 Å². The first-order valence-corrected chi connectivity index (χ1v) is 7.45. The summed E-state index contributed by atoms with van der Waals surface area (Å²) in [4.78, 5) is 12.0. The number of fused-ring (bicyclic) bond motifs is 1. The van der Waals surface area contributed by atoms with E-state index in [1.54, 1.807) is 12.1 Å². The van der Waals surface area contributed by atoms with Crippen molar-refractivity contribution in [3.63, 3.8) is 0 Å². The van der Waals surface area contributed by atoms with Gasteiger partial charge in [0.2, 0.25) is 0 Å². The van der Waals surface area contributed by atoms with Crippen molar-refractivity contribution in [1.82, 2.24) is 0 Å². The molecule has 3 rings (SSSR count). The molecule has 0 aromatic heterocycles. The molecule has 1 aliphatic rings. The molecule has 2 nitrogen and oxygen atoms in total. The summed E-state index contributed by atoms with van der Waals surface area (Å²) in [6, 6.07) is 13.2. The summed E-state index contributed by atoms with van der Waals surface area (Å²) < 4.78 is 0. The van der Waals surface area contributed by atoms with Crippen molar-refractivity contribution in [3.05, 3.63) is 69.7 Å². The highest BCUT2D eigenvalue weighted by Crippen LogP contribution is 2.34. The second-order valence-corrected chi connectivity index (χ2v) is 5.80. The summed E-state index contributed by atoms with van der Waals surface area (Å²) in [6.45, 7) is 0. The predicted molar refractivity (Wildman–Crippen MR) is 87.8 cm³/mol. The van der Waals surface area contributed by atoms with E-state index in [-0.39, 0.29) is 5.91 Å². The molecule has 0 aliphatic carbocycles. The number of hydrogen-bond donors (Lipinski definition) is 1. The van der Waals surface area contributed by atoms with Crippen LogP contribution in [0, 0.1) is 0 Å². The van der Waals surface area contributed by atoms with Crippen molar-refractivity contribution < 1.29 is 4.79 Å². The van der Waals surface area contributed by atoms with E-state index >= 15 is 0 Å². The number of nitrogens with one attached hydrogen (secondary N) is 1. The van der Waals surface area contributed by atoms with E-state index in [0.717, 1.165) is 34.7 Å². The van der Waals surface area contributed by atoms with Crippen LogP contribution in [-0.2, 0) is 11.2 Å². The Morgan fingerprint density at radius 1 is 1.05 bits per heavy atom. The van der Waals surface area contributed by atoms with Gasteiger partial charge in [-0.2, -0.15) is 0 Å². The summed E-state index contributed by atoms with van der Waals surface area (Å²) in [6.07, 6.45) is 3.60. The first-order valence-electron chi connectivity index (χ1n) is 6.69. The topological polar surface area (TPSA) is 29.1 Å². The molecule has 0 atom stereocenters. The summed E-state index contributed by atoms with van der Waals surface area (Å²) in [5, 5.41) is 4.19. The van der Waals surface area contributed by atoms with E-state index in [1.165, 1.54) is 0 Å². The summed E-state index contributed by atoms with van der Waals surface area (Å²) in [7, 11) is 0. The lowest BCUT2D eigenvalue weighted by Gasteiger charge is -2.01. The van der Waals surface area contributed by atoms with Gasteiger partial charge in [-0.25, -0.2) is 0 Å². The van der Waals surface area contributed by atoms with Gasteiger partial charge >= 0.3 is 0 Å². The Kier molecular flexibility index (Phi) is 4.00. The van der Waals surface area contributed by atoms with Crippen LogP contribution in [0.2, 0.25) is 10.0 Å². The van der Waals surface area contributed by atoms with Gasteiger partial charge in [-0.1, -0.05) is 47.5 Å². The van der Waals surface area contributed by atoms with Crippen molar-refractivity contribution in [2.24, 2.45) is 0 Å². The molecule has 1 heterocycles. The van der Waals surface area contributed by atoms with E-state index in [2.05, 4.69) is 5.32 Å². The van der Waals surface area contributed by atoms with Crippen molar-refractivity contribution >= 4 is 40.4 Å². The zero-order chi connectivity index (χ0) is 14.8. The number of carbonyl (C=O) groups excluding carboxylic acids is 1. The number of hydrogen-bond acceptors (Lipinski definition) is 1. The minimum atomic E-state index is -0.0710. The average Bonchev–Trinajstić information content (AvgIpc) is 2.74. The van der Waals surface area contributed by atoms with Crippen LogP contribution in [0.4, 0.5) is 5.69 Å². The third kappa shape index (κ3) is 3.12. The predicted octanol–water partition coefficient (Wildman–Crippen LogP) is 4.96. The Hall–Kier alpha value is -1.77. The van der Waals surface area contributed by atoms with E-state index in [1.807, 2.05) is 36.4 Å². The molecule has 2 aromatic rings. The Labute approximate surface area is 133 Å². The lowest BCUT2D eigenvalue weighted by Crippen LogP contribution is -2.03. The summed E-state index contributed by atoms with van der Waals surface area (Å²) >= 11 is 11.9. The van der Waals surface area contributed by atoms with Crippen LogP contribution in [0.25, 0.3) is 5.57 Å². The van der Waals surface area contributed by atoms with E-state index in [4.69, 9.17) is 23.2 Å². The quantitative estimate of drug-likeness (QED) is 0.796. The number of carbonyl (C=O) groups is 1. The lowest BCUT2D eigenvalue weighted by molar-refractivity contribution is -0.110. The standard InChI is InChI=1S/C17H13Cl2NO/c18-12-5-1-3-11(9-12)4-2-6-15-14-8-7-13(19)10-16(14)20-17(15)21/h1,3,5-10H,2,4H2,(H,20,21)/b15-6+. The summed E-state index contributed by atoms with van der Waals surface area (Å²) in [5.74, 6) is -0.0710. The number of allylic oxidation sites excluding steroid dienone is 1. The molecule has 21 heavy (non-hydrogen) atoms. The van der Waals surface area contributed by atoms with E-state index in [0.29, 0.717) is 10.6 Å². The number of amides is 1. The normalized spacial score (nSPS) is 15.1. The zero-order valence-corrected chi connectivity index (χ0v) is 12.7. The minimum Gasteiger partial charge on any atom is -0.321 e. The highest BCUT2D eigenvalue weighted by atomic mass is 35.5. The average molecular weight is 318 g/mol. The van der Waals surface area contributed by atoms with E-state index < -0.39 is 0 Å². The first kappa shape index (κ1) is 14.2. The van der Waals surface area contributed by atoms with Crippen LogP contribution < -0.4 is 5.32 Å². The fourth-order valence-corrected chi connectivity index (χ4v) is 2.83. The highest BCUT2D eigenvalue weighted by molar-refractivity contribution is 6.34. The molecule has 0 saturated carbocycles. The Morgan fingerprint density at radius 2 is 1.86 bits per heavy atom. The van der Waals surface area contributed by atoms with Gasteiger partial charge in [-0.15, -0.1) is 0 Å². The molecular formula is C17H13Cl2NO. The van der Waals surface area contributed by atoms with Crippen LogP contribution >= 0.6 is 23.2 Å². The van der Waals surface area contributed by atoms with Gasteiger partial charge in [0.25, 0.3) is 5.91 Å². The molecule has 0 saturated heterocycles. The monoisotopic (exact) mass is 317 g/mol. The highest BCUT2D eigenvalue weighted by Gasteiger charge is 2.23. The molecule has 2 aromatic carbocycles. The number of rotatable bonds is 3. The fourth-order valence-electron chi connectivity index (χ4n) is 2.45. The lowest BCUT2D eigenvalue weighted by atomic mass is 10.0. The smallest absolute Gasteiger partial charge is 0.256 e. The molecule has 0 bridgehead atoms. The van der Waals surface area contributed by atoms with Gasteiger partial charge < -0.3 is 5.32 Å². The van der Waals surface area contributed by atoms with Gasteiger partial charge in [0, 0.05) is 21.2 Å². The number of halogens is 2. The van der Waals surface area contributed by atoms with Gasteiger partial charge in [0.15, 0.2) is 0 Å². The molecule has 0 radical (unpaired) electrons. The largest absolute Gasteiger partial charge is 0.321 e. The molecule has 4 heteroatoms. The molecular weight excluding hydrogens is 305 g/mol. The molecule has 0 unspecified atom stereocenters. The van der Waals surface area contributed by atoms with E-state index in [9.17, 15) is 4.79 Å². The number of aryl methyl sites for hydroxylation is 1. The van der Waals surface area contributed by atoms with Crippen molar-refractivity contribution in [2.45, 2.75) is 12.8 Å². The third-order valence-electron chi connectivity index (χ3n) is 3.44. The van der Waals surface area contributed by atoms with Crippen molar-refractivity contribution in [2.75, 3.05) is 5.32 Å². The molecule has 0 fully saturated rings. The van der Waals surface area contributed by atoms with Gasteiger partial charge in [0.1, 0.15) is 0 Å². The van der Waals surface area contributed by atoms with Crippen LogP contribution in [-0.4, -0.2) is 5.91 Å². The van der Waals surface area contributed by atoms with Crippen LogP contribution in [0.15, 0.2) is 48.5 Å². The second-order valence-electron chi connectivity index (χ2n) is 4.93. The maximum Gasteiger partial charge on any atom is 0.256 e. The van der Waals surface area contributed by atoms with Crippen molar-refractivity contribution in [1.29, 1.82) is 0 Å². The Morgan fingerprint density at radius 3 is 2.67 bits per heavy atom. The van der Waals surface area contributed by atoms with Crippen LogP contribution in [0.3, 0.4) is 0 Å². The van der Waals surface area contributed by atoms with Gasteiger partial charge in [0.05, 0.1) is 5.69 Å². The zero-order valence-electron chi connectivity index (χ0n) is 11.2. The maximum atomic E-state index is 12.0. The Balaban J connectivity index is 1.77. The third-order valence-corrected chi connectivity index (χ3v) is 3.91. The van der Waals surface area contributed by atoms with Crippen molar-refractivity contribution in [3.8, 4) is 0 Å². The SMILES string of the molecule is O=C1Nc2cc(Cl)ccc2/C1=C\CCc1cccc(Cl)c1. The minimum absolute atomic E-state index is 0.0710. The Bertz CT molecular complexity index is 737. The molecule has 1 amide bonds. The van der Waals surface area contributed by atoms with Crippen LogP contribution in [0.5, 0.6) is 0 Å². The number of benzene rings is 2. The maximum absolute atomic E-state index is 12.0. The summed E-state index contributed by atoms with van der Waals surface area (Å²) in [5.41, 5.74) is 3.56. The molecule has 106 valence electrons. The number of anilines is 1. The first-order chi connectivity index (χ1) is 10.1. The van der Waals surface area contributed by atoms with Gasteiger partial charge in [-0.3, -0.25) is 4.79 Å².